The second-order valence-electron chi connectivity index (χ2n) is 11.9. The van der Waals surface area contributed by atoms with Gasteiger partial charge in [0.15, 0.2) is 5.78 Å². The summed E-state index contributed by atoms with van der Waals surface area (Å²) in [5.41, 5.74) is 0.351. The van der Waals surface area contributed by atoms with Crippen molar-refractivity contribution in [3.63, 3.8) is 0 Å². The Bertz CT molecular complexity index is 1370. The van der Waals surface area contributed by atoms with Crippen molar-refractivity contribution >= 4 is 33.6 Å². The fraction of sp³-hybridized carbons (Fsp3) is 0.552. The number of Topliss-reactive ketones (excluding diaryl/α,β-unsaturated/α-hetero) is 1. The lowest BCUT2D eigenvalue weighted by atomic mass is 9.47. The third-order valence-electron chi connectivity index (χ3n) is 9.72. The van der Waals surface area contributed by atoms with Crippen LogP contribution in [0.2, 0.25) is 0 Å². The van der Waals surface area contributed by atoms with E-state index in [-0.39, 0.29) is 46.3 Å². The predicted octanol–water partition coefficient (Wildman–Crippen LogP) is 4.57. The molecular formula is C29H36N2O7S. The van der Waals surface area contributed by atoms with Gasteiger partial charge < -0.3 is 9.47 Å². The van der Waals surface area contributed by atoms with Crippen LogP contribution in [0, 0.1) is 34.5 Å². The maximum Gasteiger partial charge on any atom is 0.422 e. The van der Waals surface area contributed by atoms with Crippen LogP contribution in [0.4, 0.5) is 10.5 Å². The molecule has 210 valence electrons. The predicted molar refractivity (Wildman–Crippen MR) is 145 cm³/mol. The van der Waals surface area contributed by atoms with Gasteiger partial charge in [-0.15, -0.1) is 0 Å². The molecule has 2 N–H and O–H groups in total. The van der Waals surface area contributed by atoms with E-state index in [0.29, 0.717) is 25.0 Å². The van der Waals surface area contributed by atoms with Crippen LogP contribution in [-0.4, -0.2) is 39.3 Å². The molecule has 1 aromatic rings. The molecule has 0 aliphatic heterocycles. The number of rotatable bonds is 6. The highest BCUT2D eigenvalue weighted by Gasteiger charge is 2.63. The second kappa shape index (κ2) is 9.80. The van der Waals surface area contributed by atoms with Crippen LogP contribution in [0.1, 0.15) is 52.9 Å². The van der Waals surface area contributed by atoms with Crippen molar-refractivity contribution in [1.82, 2.24) is 4.72 Å². The molecule has 9 nitrogen and oxygen atoms in total. The summed E-state index contributed by atoms with van der Waals surface area (Å²) in [6.45, 7) is 5.84. The molecule has 0 aromatic heterocycles. The van der Waals surface area contributed by atoms with E-state index in [2.05, 4.69) is 24.6 Å². The van der Waals surface area contributed by atoms with Crippen molar-refractivity contribution in [2.24, 2.45) is 34.5 Å². The fourth-order valence-corrected chi connectivity index (χ4v) is 8.76. The van der Waals surface area contributed by atoms with Gasteiger partial charge in [-0.25, -0.2) is 9.52 Å². The summed E-state index contributed by atoms with van der Waals surface area (Å²) < 4.78 is 41.0. The summed E-state index contributed by atoms with van der Waals surface area (Å²) in [4.78, 5) is 38.0. The lowest BCUT2D eigenvalue weighted by Gasteiger charge is -2.58. The fourth-order valence-electron chi connectivity index (χ4n) is 8.01. The highest BCUT2D eigenvalue weighted by atomic mass is 32.2. The van der Waals surface area contributed by atoms with E-state index in [1.54, 1.807) is 25.1 Å². The smallest absolute Gasteiger partial charge is 0.422 e. The van der Waals surface area contributed by atoms with E-state index in [4.69, 9.17) is 9.47 Å². The Labute approximate surface area is 229 Å². The average molecular weight is 557 g/mol. The van der Waals surface area contributed by atoms with Crippen molar-refractivity contribution < 1.29 is 32.3 Å². The normalized spacial score (nSPS) is 35.1. The van der Waals surface area contributed by atoms with Crippen LogP contribution in [-0.2, 0) is 24.5 Å². The first kappa shape index (κ1) is 27.4. The Morgan fingerprint density at radius 1 is 1.15 bits per heavy atom. The molecule has 0 heterocycles. The number of anilines is 1. The topological polar surface area (TPSA) is 128 Å². The first-order valence-electron chi connectivity index (χ1n) is 13.5. The zero-order valence-electron chi connectivity index (χ0n) is 22.7. The molecule has 2 saturated carbocycles. The van der Waals surface area contributed by atoms with Gasteiger partial charge in [0.2, 0.25) is 0 Å². The van der Waals surface area contributed by atoms with E-state index >= 15 is 0 Å². The van der Waals surface area contributed by atoms with E-state index < -0.39 is 27.8 Å². The molecule has 39 heavy (non-hydrogen) atoms. The third kappa shape index (κ3) is 4.88. The maximum atomic E-state index is 13.1. The first-order valence-corrected chi connectivity index (χ1v) is 14.9. The summed E-state index contributed by atoms with van der Waals surface area (Å²) in [7, 11) is -2.83. The molecule has 2 fully saturated rings. The van der Waals surface area contributed by atoms with Crippen molar-refractivity contribution in [2.75, 3.05) is 11.8 Å². The van der Waals surface area contributed by atoms with E-state index in [9.17, 15) is 22.8 Å². The minimum absolute atomic E-state index is 0.0350. The SMILES string of the molecule is COc1cccc(NS(=O)(=O)NC(=O)O[C@H]2C[C@]3(C)C(C(C)=O)CC[C@H]3C3C=CC4=CC(=O)CC[C@@]4(C)C32)c1. The van der Waals surface area contributed by atoms with E-state index in [1.807, 2.05) is 10.8 Å². The maximum absolute atomic E-state index is 13.1. The highest BCUT2D eigenvalue weighted by molar-refractivity contribution is 7.91. The Morgan fingerprint density at radius 3 is 2.64 bits per heavy atom. The van der Waals surface area contributed by atoms with Gasteiger partial charge in [-0.2, -0.15) is 8.42 Å². The van der Waals surface area contributed by atoms with Crippen LogP contribution in [0.5, 0.6) is 5.75 Å². The van der Waals surface area contributed by atoms with Gasteiger partial charge in [0.25, 0.3) is 0 Å². The van der Waals surface area contributed by atoms with Crippen LogP contribution < -0.4 is 14.2 Å². The quantitative estimate of drug-likeness (QED) is 0.525. The van der Waals surface area contributed by atoms with E-state index in [1.165, 1.54) is 19.2 Å². The van der Waals surface area contributed by atoms with Crippen molar-refractivity contribution in [3.8, 4) is 5.75 Å². The van der Waals surface area contributed by atoms with E-state index in [0.717, 1.165) is 18.4 Å². The standard InChI is InChI=1S/C29H36N2O7S/c1-17(32)23-10-11-24-22-9-8-18-14-20(33)12-13-28(18,2)26(22)25(16-29(23,24)3)38-27(34)31-39(35,36)30-19-6-5-7-21(15-19)37-4/h5-9,14-15,22-26,30H,10-13,16H2,1-4H3,(H,31,34)/t22?,23?,24-,25-,26?,28+,29+/m0/s1. The molecule has 3 unspecified atom stereocenters. The average Bonchev–Trinajstić information content (AvgIpc) is 3.20. The molecule has 0 spiro atoms. The minimum atomic E-state index is -4.30. The highest BCUT2D eigenvalue weighted by Crippen LogP contribution is 2.65. The third-order valence-corrected chi connectivity index (χ3v) is 10.7. The number of hydrogen-bond acceptors (Lipinski definition) is 7. The number of benzene rings is 1. The Morgan fingerprint density at radius 2 is 1.92 bits per heavy atom. The molecule has 5 rings (SSSR count). The van der Waals surface area contributed by atoms with Crippen molar-refractivity contribution in [3.05, 3.63) is 48.1 Å². The number of fused-ring (bicyclic) bond motifs is 5. The molecule has 10 heteroatoms. The largest absolute Gasteiger partial charge is 0.497 e. The monoisotopic (exact) mass is 556 g/mol. The molecule has 1 amide bonds. The van der Waals surface area contributed by atoms with Gasteiger partial charge in [-0.1, -0.05) is 32.1 Å². The molecule has 1 aromatic carbocycles. The molecule has 0 saturated heterocycles. The van der Waals surface area contributed by atoms with Gasteiger partial charge in [-0.05, 0) is 79.1 Å². The number of carbonyl (C=O) groups is 3. The van der Waals surface area contributed by atoms with Gasteiger partial charge in [0.1, 0.15) is 17.6 Å². The Balaban J connectivity index is 1.43. The lowest BCUT2D eigenvalue weighted by Crippen LogP contribution is -2.57. The molecular weight excluding hydrogens is 520 g/mol. The number of nitrogens with one attached hydrogen (secondary N) is 2. The minimum Gasteiger partial charge on any atom is -0.497 e. The first-order chi connectivity index (χ1) is 18.4. The zero-order valence-corrected chi connectivity index (χ0v) is 23.5. The number of amides is 1. The number of allylic oxidation sites excluding steroid dienone is 4. The molecule has 4 aliphatic rings. The summed E-state index contributed by atoms with van der Waals surface area (Å²) in [5, 5.41) is 0. The van der Waals surface area contributed by atoms with Crippen LogP contribution in [0.25, 0.3) is 0 Å². The molecule has 0 radical (unpaired) electrons. The number of ketones is 2. The van der Waals surface area contributed by atoms with Crippen LogP contribution in [0.3, 0.4) is 0 Å². The number of ether oxygens (including phenoxy) is 2. The van der Waals surface area contributed by atoms with Gasteiger partial charge in [0.05, 0.1) is 12.8 Å². The zero-order chi connectivity index (χ0) is 28.2. The molecule has 0 bridgehead atoms. The van der Waals surface area contributed by atoms with Gasteiger partial charge in [-0.3, -0.25) is 14.3 Å². The number of hydrogen-bond donors (Lipinski definition) is 2. The van der Waals surface area contributed by atoms with Crippen molar-refractivity contribution in [1.29, 1.82) is 0 Å². The van der Waals surface area contributed by atoms with Crippen LogP contribution in [0.15, 0.2) is 48.1 Å². The Hall–Kier alpha value is -3.14. The lowest BCUT2D eigenvalue weighted by molar-refractivity contribution is -0.135. The van der Waals surface area contributed by atoms with Crippen LogP contribution >= 0.6 is 0 Å². The summed E-state index contributed by atoms with van der Waals surface area (Å²) in [5.74, 6) is 0.624. The number of methoxy groups -OCH3 is 1. The summed E-state index contributed by atoms with van der Waals surface area (Å²) in [6.07, 6.45) is 7.29. The molecule has 4 aliphatic carbocycles. The van der Waals surface area contributed by atoms with Gasteiger partial charge >= 0.3 is 16.3 Å². The summed E-state index contributed by atoms with van der Waals surface area (Å²) >= 11 is 0. The second-order valence-corrected chi connectivity index (χ2v) is 13.3. The summed E-state index contributed by atoms with van der Waals surface area (Å²) in [6, 6.07) is 6.32. The van der Waals surface area contributed by atoms with Gasteiger partial charge in [0, 0.05) is 24.3 Å². The Kier molecular flexibility index (Phi) is 6.89. The van der Waals surface area contributed by atoms with Crippen molar-refractivity contribution in [2.45, 2.75) is 59.0 Å². The number of carbonyl (C=O) groups excluding carboxylic acids is 3. The molecule has 7 atom stereocenters.